The van der Waals surface area contributed by atoms with E-state index in [4.69, 9.17) is 0 Å². The summed E-state index contributed by atoms with van der Waals surface area (Å²) >= 11 is 0. The van der Waals surface area contributed by atoms with Crippen LogP contribution in [0.4, 0.5) is 4.39 Å². The van der Waals surface area contributed by atoms with Gasteiger partial charge in [0.25, 0.3) is 0 Å². The van der Waals surface area contributed by atoms with E-state index in [1.54, 1.807) is 6.07 Å². The van der Waals surface area contributed by atoms with E-state index in [2.05, 4.69) is 0 Å². The zero-order chi connectivity index (χ0) is 10.9. The van der Waals surface area contributed by atoms with E-state index in [9.17, 15) is 14.6 Å². The van der Waals surface area contributed by atoms with Crippen molar-refractivity contribution in [2.75, 3.05) is 0 Å². The highest BCUT2D eigenvalue weighted by Gasteiger charge is 2.34. The highest BCUT2D eigenvalue weighted by molar-refractivity contribution is 5.38. The van der Waals surface area contributed by atoms with Gasteiger partial charge < -0.3 is 10.2 Å². The molecule has 1 aromatic carbocycles. The van der Waals surface area contributed by atoms with E-state index in [1.807, 2.05) is 0 Å². The smallest absolute Gasteiger partial charge is 0.165 e. The van der Waals surface area contributed by atoms with Gasteiger partial charge in [-0.2, -0.15) is 0 Å². The lowest BCUT2D eigenvalue weighted by Crippen LogP contribution is -2.28. The summed E-state index contributed by atoms with van der Waals surface area (Å²) in [5.74, 6) is -1.06. The number of halogens is 1. The van der Waals surface area contributed by atoms with Crippen molar-refractivity contribution in [3.05, 3.63) is 29.6 Å². The molecule has 1 fully saturated rings. The molecule has 82 valence electrons. The molecule has 1 aromatic rings. The van der Waals surface area contributed by atoms with Gasteiger partial charge in [-0.05, 0) is 18.9 Å². The fourth-order valence-corrected chi connectivity index (χ4v) is 2.30. The lowest BCUT2D eigenvalue weighted by molar-refractivity contribution is -0.00294. The Labute approximate surface area is 88.4 Å². The Morgan fingerprint density at radius 1 is 1.13 bits per heavy atom. The molecular formula is C12H15FO2. The Bertz CT molecular complexity index is 357. The average Bonchev–Trinajstić information content (AvgIpc) is 2.23. The summed E-state index contributed by atoms with van der Waals surface area (Å²) in [7, 11) is 0. The zero-order valence-electron chi connectivity index (χ0n) is 8.54. The highest BCUT2D eigenvalue weighted by Crippen LogP contribution is 2.41. The van der Waals surface area contributed by atoms with Crippen LogP contribution in [-0.4, -0.2) is 10.2 Å². The van der Waals surface area contributed by atoms with Gasteiger partial charge in [0.2, 0.25) is 0 Å². The Morgan fingerprint density at radius 2 is 1.80 bits per heavy atom. The standard InChI is InChI=1S/C12H15FO2/c13-10-6-4-5-9(11(10)14)12(15)7-2-1-3-8-12/h4-6,14-15H,1-3,7-8H2. The van der Waals surface area contributed by atoms with Crippen molar-refractivity contribution >= 4 is 0 Å². The highest BCUT2D eigenvalue weighted by atomic mass is 19.1. The van der Waals surface area contributed by atoms with Crippen LogP contribution in [0.15, 0.2) is 18.2 Å². The third kappa shape index (κ3) is 1.84. The van der Waals surface area contributed by atoms with Crippen molar-refractivity contribution in [2.45, 2.75) is 37.7 Å². The van der Waals surface area contributed by atoms with Crippen LogP contribution in [0, 0.1) is 5.82 Å². The van der Waals surface area contributed by atoms with Crippen LogP contribution in [0.1, 0.15) is 37.7 Å². The maximum Gasteiger partial charge on any atom is 0.165 e. The van der Waals surface area contributed by atoms with E-state index in [-0.39, 0.29) is 0 Å². The molecule has 1 aliphatic carbocycles. The van der Waals surface area contributed by atoms with Crippen molar-refractivity contribution in [1.82, 2.24) is 0 Å². The Kier molecular flexibility index (Phi) is 2.65. The van der Waals surface area contributed by atoms with Crippen molar-refractivity contribution in [3.8, 4) is 5.75 Å². The molecule has 0 unspecified atom stereocenters. The van der Waals surface area contributed by atoms with E-state index >= 15 is 0 Å². The van der Waals surface area contributed by atoms with E-state index in [1.165, 1.54) is 12.1 Å². The van der Waals surface area contributed by atoms with Crippen molar-refractivity contribution in [1.29, 1.82) is 0 Å². The summed E-state index contributed by atoms with van der Waals surface area (Å²) in [5.41, 5.74) is -0.702. The molecule has 15 heavy (non-hydrogen) atoms. The second-order valence-electron chi connectivity index (χ2n) is 4.23. The largest absolute Gasteiger partial charge is 0.505 e. The molecule has 0 aliphatic heterocycles. The number of phenolic OH excluding ortho intramolecular Hbond substituents is 1. The van der Waals surface area contributed by atoms with Crippen LogP contribution in [-0.2, 0) is 5.60 Å². The molecule has 0 amide bonds. The molecule has 1 saturated carbocycles. The third-order valence-corrected chi connectivity index (χ3v) is 3.17. The predicted molar refractivity (Wildman–Crippen MR) is 55.0 cm³/mol. The summed E-state index contributed by atoms with van der Waals surface area (Å²) in [6.45, 7) is 0. The van der Waals surface area contributed by atoms with E-state index in [0.717, 1.165) is 19.3 Å². The molecule has 2 nitrogen and oxygen atoms in total. The molecule has 2 rings (SSSR count). The lowest BCUT2D eigenvalue weighted by atomic mass is 9.79. The Hall–Kier alpha value is -1.09. The fraction of sp³-hybridized carbons (Fsp3) is 0.500. The number of rotatable bonds is 1. The fourth-order valence-electron chi connectivity index (χ4n) is 2.30. The van der Waals surface area contributed by atoms with Gasteiger partial charge in [0, 0.05) is 5.56 Å². The first-order valence-electron chi connectivity index (χ1n) is 5.34. The summed E-state index contributed by atoms with van der Waals surface area (Å²) in [6.07, 6.45) is 4.14. The van der Waals surface area contributed by atoms with Crippen molar-refractivity contribution < 1.29 is 14.6 Å². The summed E-state index contributed by atoms with van der Waals surface area (Å²) in [5, 5.41) is 19.9. The summed E-state index contributed by atoms with van der Waals surface area (Å²) in [4.78, 5) is 0. The molecule has 0 saturated heterocycles. The molecule has 0 spiro atoms. The molecule has 0 heterocycles. The van der Waals surface area contributed by atoms with Crippen molar-refractivity contribution in [3.63, 3.8) is 0 Å². The minimum atomic E-state index is -1.04. The van der Waals surface area contributed by atoms with Crippen molar-refractivity contribution in [2.24, 2.45) is 0 Å². The lowest BCUT2D eigenvalue weighted by Gasteiger charge is -2.32. The maximum absolute atomic E-state index is 13.1. The van der Waals surface area contributed by atoms with Crippen LogP contribution in [0.5, 0.6) is 5.75 Å². The first-order valence-corrected chi connectivity index (χ1v) is 5.34. The van der Waals surface area contributed by atoms with Gasteiger partial charge in [0.15, 0.2) is 11.6 Å². The SMILES string of the molecule is Oc1c(F)cccc1C1(O)CCCCC1. The quantitative estimate of drug-likeness (QED) is 0.748. The molecule has 0 bridgehead atoms. The number of hydrogen-bond donors (Lipinski definition) is 2. The third-order valence-electron chi connectivity index (χ3n) is 3.17. The Morgan fingerprint density at radius 3 is 2.47 bits per heavy atom. The zero-order valence-corrected chi connectivity index (χ0v) is 8.54. The number of aliphatic hydroxyl groups is 1. The maximum atomic E-state index is 13.1. The molecule has 0 radical (unpaired) electrons. The topological polar surface area (TPSA) is 40.5 Å². The van der Waals surface area contributed by atoms with Crippen LogP contribution >= 0.6 is 0 Å². The molecular weight excluding hydrogens is 195 g/mol. The van der Waals surface area contributed by atoms with Gasteiger partial charge in [0.1, 0.15) is 0 Å². The average molecular weight is 210 g/mol. The first kappa shape index (κ1) is 10.4. The minimum Gasteiger partial charge on any atom is -0.505 e. The number of para-hydroxylation sites is 1. The van der Waals surface area contributed by atoms with Gasteiger partial charge >= 0.3 is 0 Å². The van der Waals surface area contributed by atoms with Crippen LogP contribution < -0.4 is 0 Å². The van der Waals surface area contributed by atoms with Crippen LogP contribution in [0.25, 0.3) is 0 Å². The molecule has 2 N–H and O–H groups in total. The monoisotopic (exact) mass is 210 g/mol. The van der Waals surface area contributed by atoms with Gasteiger partial charge in [-0.15, -0.1) is 0 Å². The molecule has 0 atom stereocenters. The minimum absolute atomic E-state index is 0.335. The molecule has 3 heteroatoms. The number of benzene rings is 1. The molecule has 1 aliphatic rings. The second kappa shape index (κ2) is 3.81. The second-order valence-corrected chi connectivity index (χ2v) is 4.23. The van der Waals surface area contributed by atoms with Gasteiger partial charge in [-0.1, -0.05) is 31.4 Å². The first-order chi connectivity index (χ1) is 7.13. The molecule has 0 aromatic heterocycles. The van der Waals surface area contributed by atoms with Crippen LogP contribution in [0.3, 0.4) is 0 Å². The van der Waals surface area contributed by atoms with E-state index < -0.39 is 17.2 Å². The number of hydrogen-bond acceptors (Lipinski definition) is 2. The van der Waals surface area contributed by atoms with Gasteiger partial charge in [0.05, 0.1) is 5.60 Å². The van der Waals surface area contributed by atoms with Crippen LogP contribution in [0.2, 0.25) is 0 Å². The normalized spacial score (nSPS) is 20.1. The van der Waals surface area contributed by atoms with E-state index in [0.29, 0.717) is 18.4 Å². The number of aromatic hydroxyl groups is 1. The summed E-state index contributed by atoms with van der Waals surface area (Å²) < 4.78 is 13.1. The van der Waals surface area contributed by atoms with Gasteiger partial charge in [-0.3, -0.25) is 0 Å². The predicted octanol–water partition coefficient (Wildman–Crippen LogP) is 2.68. The number of phenols is 1. The van der Waals surface area contributed by atoms with Gasteiger partial charge in [-0.25, -0.2) is 4.39 Å². The Balaban J connectivity index is 2.39. The summed E-state index contributed by atoms with van der Waals surface area (Å²) in [6, 6.07) is 4.33.